The van der Waals surface area contributed by atoms with Crippen molar-refractivity contribution in [3.63, 3.8) is 0 Å². The Labute approximate surface area is 296 Å². The molecule has 0 aliphatic heterocycles. The number of aliphatic carboxylic acids is 1. The number of carbonyl (C=O) groups is 1. The van der Waals surface area contributed by atoms with Crippen LogP contribution >= 0.6 is 23.2 Å². The number of anilines is 2. The monoisotopic (exact) mass is 745 g/mol. The zero-order chi connectivity index (χ0) is 37.6. The van der Waals surface area contributed by atoms with Gasteiger partial charge >= 0.3 is 5.97 Å². The highest BCUT2D eigenvalue weighted by Gasteiger charge is 2.38. The molecule has 0 unspecified atom stereocenters. The maximum absolute atomic E-state index is 10.4. The molecule has 4 atom stereocenters. The van der Waals surface area contributed by atoms with E-state index in [4.69, 9.17) is 70.4 Å². The number of carboxylic acid groups (broad SMARTS) is 1. The number of rotatable bonds is 16. The number of benzene rings is 2. The normalized spacial score (nSPS) is 12.7. The zero-order valence-corrected chi connectivity index (χ0v) is 28.0. The molecule has 0 saturated carbocycles. The zero-order valence-electron chi connectivity index (χ0n) is 26.5. The van der Waals surface area contributed by atoms with Gasteiger partial charge in [0.25, 0.3) is 5.09 Å². The number of unbranched alkanes of at least 4 members (excludes halogenated alkanes) is 3. The summed E-state index contributed by atoms with van der Waals surface area (Å²) in [5, 5.41) is 102. The number of nitrogens with one attached hydrogen (secondary N) is 10. The van der Waals surface area contributed by atoms with Crippen molar-refractivity contribution < 1.29 is 40.3 Å². The molecule has 2 rings (SSSR count). The van der Waals surface area contributed by atoms with E-state index in [9.17, 15) is 14.9 Å². The van der Waals surface area contributed by atoms with Crippen LogP contribution in [0.4, 0.5) is 11.4 Å². The van der Waals surface area contributed by atoms with E-state index in [0.717, 1.165) is 25.7 Å². The molecule has 276 valence electrons. The molecule has 22 heteroatoms. The van der Waals surface area contributed by atoms with Gasteiger partial charge in [0.05, 0.1) is 6.61 Å². The molecule has 2 aromatic carbocycles. The maximum Gasteiger partial charge on any atom is 0.335 e. The number of halogens is 2. The minimum Gasteiger partial charge on any atom is -0.480 e. The van der Waals surface area contributed by atoms with Crippen molar-refractivity contribution in [3.05, 3.63) is 68.7 Å². The fourth-order valence-electron chi connectivity index (χ4n) is 3.65. The molecule has 15 N–H and O–H groups in total. The van der Waals surface area contributed by atoms with Crippen molar-refractivity contribution in [1.29, 1.82) is 21.6 Å². The van der Waals surface area contributed by atoms with Crippen LogP contribution < -0.4 is 31.9 Å². The lowest BCUT2D eigenvalue weighted by Crippen LogP contribution is -2.50. The first-order valence-electron chi connectivity index (χ1n) is 14.7. The quantitative estimate of drug-likeness (QED) is 0.0373. The van der Waals surface area contributed by atoms with Gasteiger partial charge in [-0.05, 0) is 61.4 Å². The van der Waals surface area contributed by atoms with Crippen molar-refractivity contribution in [3.8, 4) is 0 Å². The Balaban J connectivity index is 0.000000657. The second-order valence-electron chi connectivity index (χ2n) is 10.1. The molecule has 50 heavy (non-hydrogen) atoms. The lowest BCUT2D eigenvalue weighted by molar-refractivity contribution is -0.767. The van der Waals surface area contributed by atoms with Gasteiger partial charge in [0.2, 0.25) is 6.10 Å². The molecule has 2 aromatic rings. The SMILES string of the molecule is N=C(NCCCCCCNC(=N)NC(=N)Nc1ccc(Cl)cc1)NC(=N)Nc1ccc(Cl)cc1.O=C(O)[C@H](O[N+](=O)[O-])[C@@H](O)[C@H](O)[C@H](O)CO. The van der Waals surface area contributed by atoms with Crippen molar-refractivity contribution in [1.82, 2.24) is 21.3 Å². The van der Waals surface area contributed by atoms with E-state index in [0.29, 0.717) is 34.5 Å². The van der Waals surface area contributed by atoms with Crippen LogP contribution in [0, 0.1) is 31.8 Å². The molecule has 0 radical (unpaired) electrons. The van der Waals surface area contributed by atoms with Crippen LogP contribution in [0.3, 0.4) is 0 Å². The molecule has 0 saturated heterocycles. The summed E-state index contributed by atoms with van der Waals surface area (Å²) in [6.07, 6.45) is -4.84. The second-order valence-corrected chi connectivity index (χ2v) is 11.0. The Morgan fingerprint density at radius 1 is 0.740 bits per heavy atom. The summed E-state index contributed by atoms with van der Waals surface area (Å²) in [4.78, 5) is 24.0. The second kappa shape index (κ2) is 23.4. The molecule has 0 aliphatic carbocycles. The van der Waals surface area contributed by atoms with E-state index in [2.05, 4.69) is 36.7 Å². The van der Waals surface area contributed by atoms with Gasteiger partial charge in [-0.15, -0.1) is 10.1 Å². The van der Waals surface area contributed by atoms with Crippen molar-refractivity contribution >= 4 is 64.4 Å². The number of aliphatic hydroxyl groups is 4. The van der Waals surface area contributed by atoms with Gasteiger partial charge in [0.1, 0.15) is 18.3 Å². The Morgan fingerprint density at radius 2 is 1.14 bits per heavy atom. The molecule has 0 aliphatic rings. The van der Waals surface area contributed by atoms with Crippen molar-refractivity contribution in [2.45, 2.75) is 50.1 Å². The summed E-state index contributed by atoms with van der Waals surface area (Å²) in [5.41, 5.74) is 1.42. The minimum atomic E-state index is -2.36. The first-order valence-corrected chi connectivity index (χ1v) is 15.5. The van der Waals surface area contributed by atoms with E-state index in [1.165, 1.54) is 0 Å². The maximum atomic E-state index is 10.4. The molecule has 20 nitrogen and oxygen atoms in total. The van der Waals surface area contributed by atoms with Gasteiger partial charge in [-0.3, -0.25) is 37.1 Å². The van der Waals surface area contributed by atoms with Gasteiger partial charge in [-0.2, -0.15) is 0 Å². The number of hydrogen-bond donors (Lipinski definition) is 15. The molecule has 0 amide bonds. The number of nitrogens with zero attached hydrogens (tertiary/aromatic N) is 1. The molecule has 0 heterocycles. The van der Waals surface area contributed by atoms with Crippen LogP contribution in [0.5, 0.6) is 0 Å². The summed E-state index contributed by atoms with van der Waals surface area (Å²) in [6.45, 7) is 0.291. The van der Waals surface area contributed by atoms with Crippen LogP contribution in [0.1, 0.15) is 25.7 Å². The Morgan fingerprint density at radius 3 is 1.48 bits per heavy atom. The summed E-state index contributed by atoms with van der Waals surface area (Å²) < 4.78 is 0. The predicted molar refractivity (Wildman–Crippen MR) is 186 cm³/mol. The van der Waals surface area contributed by atoms with Crippen LogP contribution in [0.25, 0.3) is 0 Å². The third-order valence-corrected chi connectivity index (χ3v) is 6.62. The van der Waals surface area contributed by atoms with E-state index in [1.807, 2.05) is 0 Å². The first-order chi connectivity index (χ1) is 23.6. The Kier molecular flexibility index (Phi) is 20.1. The van der Waals surface area contributed by atoms with Crippen molar-refractivity contribution in [2.24, 2.45) is 0 Å². The van der Waals surface area contributed by atoms with Crippen LogP contribution in [0.2, 0.25) is 10.0 Å². The third-order valence-electron chi connectivity index (χ3n) is 6.12. The van der Waals surface area contributed by atoms with Crippen LogP contribution in [0.15, 0.2) is 48.5 Å². The fourth-order valence-corrected chi connectivity index (χ4v) is 3.90. The van der Waals surface area contributed by atoms with E-state index >= 15 is 0 Å². The molecular formula is C28H41Cl2N11O9. The predicted octanol–water partition coefficient (Wildman–Crippen LogP) is 0.898. The standard InChI is InChI=1S/C22H30Cl2N10.C6H11NO9/c23-15-5-9-17(10-6-15)31-21(27)33-19(25)29-13-3-1-2-4-14-30-20(26)34-22(28)32-18-11-7-16(24)8-12-18;8-1-2(9)3(10)4(11)5(6(12)13)16-7(14)15/h5-12H,1-4,13-14H2,(H5,25,27,29,31,33)(H5,26,28,30,32,34);2-5,8-11H,1H2,(H,12,13)/t;2-,3-,4+,5-/m.1/s1. The minimum absolute atomic E-state index is 0.00148. The largest absolute Gasteiger partial charge is 0.480 e. The van der Waals surface area contributed by atoms with E-state index < -0.39 is 42.1 Å². The van der Waals surface area contributed by atoms with E-state index in [-0.39, 0.29) is 23.8 Å². The average molecular weight is 747 g/mol. The first kappa shape index (κ1) is 43.0. The number of guanidine groups is 4. The summed E-state index contributed by atoms with van der Waals surface area (Å²) in [5.74, 6) is -1.78. The lowest BCUT2D eigenvalue weighted by Gasteiger charge is -2.24. The molecule has 0 aromatic heterocycles. The van der Waals surface area contributed by atoms with Gasteiger partial charge in [-0.1, -0.05) is 36.0 Å². The number of hydrogen-bond acceptors (Lipinski definition) is 12. The highest BCUT2D eigenvalue weighted by molar-refractivity contribution is 6.31. The fraction of sp³-hybridized carbons (Fsp3) is 0.393. The van der Waals surface area contributed by atoms with Gasteiger partial charge in [0.15, 0.2) is 23.8 Å². The van der Waals surface area contributed by atoms with Crippen LogP contribution in [-0.4, -0.2) is 105 Å². The van der Waals surface area contributed by atoms with Crippen molar-refractivity contribution in [2.75, 3.05) is 30.3 Å². The topological polar surface area (TPSA) is 338 Å². The van der Waals surface area contributed by atoms with Gasteiger partial charge < -0.3 is 46.8 Å². The third kappa shape index (κ3) is 18.5. The number of carboxylic acids is 1. The molecule has 0 bridgehead atoms. The van der Waals surface area contributed by atoms with Gasteiger partial charge in [0, 0.05) is 34.5 Å². The summed E-state index contributed by atoms with van der Waals surface area (Å²) in [6, 6.07) is 13.9. The molecule has 0 fully saturated rings. The van der Waals surface area contributed by atoms with Gasteiger partial charge in [-0.25, -0.2) is 4.79 Å². The summed E-state index contributed by atoms with van der Waals surface area (Å²) in [7, 11) is 0. The average Bonchev–Trinajstić information content (AvgIpc) is 3.05. The Hall–Kier alpha value is -4.99. The van der Waals surface area contributed by atoms with Crippen LogP contribution in [-0.2, 0) is 9.63 Å². The number of aliphatic hydroxyl groups excluding tert-OH is 4. The molecule has 0 spiro atoms. The lowest BCUT2D eigenvalue weighted by atomic mass is 10.0. The highest BCUT2D eigenvalue weighted by atomic mass is 35.5. The Bertz CT molecular complexity index is 1330. The smallest absolute Gasteiger partial charge is 0.335 e. The summed E-state index contributed by atoms with van der Waals surface area (Å²) >= 11 is 11.7. The highest BCUT2D eigenvalue weighted by Crippen LogP contribution is 2.14. The molecular weight excluding hydrogens is 705 g/mol. The van der Waals surface area contributed by atoms with E-state index in [1.54, 1.807) is 48.5 Å².